The Morgan fingerprint density at radius 2 is 2.10 bits per heavy atom. The van der Waals surface area contributed by atoms with Crippen molar-refractivity contribution in [2.75, 3.05) is 7.11 Å². The zero-order chi connectivity index (χ0) is 15.2. The maximum atomic E-state index is 11.8. The molecule has 1 aromatic heterocycles. The average molecular weight is 286 g/mol. The molecule has 0 saturated heterocycles. The number of rotatable bonds is 5. The zero-order valence-electron chi connectivity index (χ0n) is 12.3. The molecule has 0 atom stereocenters. The first-order valence-corrected chi connectivity index (χ1v) is 6.63. The van der Waals surface area contributed by atoms with Crippen LogP contribution in [0.3, 0.4) is 0 Å². The molecule has 2 aromatic rings. The molecule has 0 spiro atoms. The summed E-state index contributed by atoms with van der Waals surface area (Å²) in [7, 11) is 1.61. The van der Waals surface area contributed by atoms with Crippen LogP contribution in [-0.4, -0.2) is 29.4 Å². The lowest BCUT2D eigenvalue weighted by Gasteiger charge is -1.99. The van der Waals surface area contributed by atoms with Crippen LogP contribution in [0.5, 0.6) is 5.75 Å². The fourth-order valence-electron chi connectivity index (χ4n) is 1.66. The molecule has 0 unspecified atom stereocenters. The smallest absolute Gasteiger partial charge is 0.291 e. The van der Waals surface area contributed by atoms with Crippen LogP contribution in [0.2, 0.25) is 0 Å². The third-order valence-corrected chi connectivity index (χ3v) is 2.95. The van der Waals surface area contributed by atoms with Gasteiger partial charge in [-0.3, -0.25) is 9.89 Å². The number of hydrogen-bond donors (Lipinski definition) is 2. The molecule has 1 heterocycles. The van der Waals surface area contributed by atoms with Gasteiger partial charge in [0.05, 0.1) is 13.3 Å². The van der Waals surface area contributed by atoms with Crippen molar-refractivity contribution in [3.63, 3.8) is 0 Å². The zero-order valence-corrected chi connectivity index (χ0v) is 12.3. The Labute approximate surface area is 123 Å². The summed E-state index contributed by atoms with van der Waals surface area (Å²) < 4.78 is 5.07. The molecule has 0 aliphatic rings. The topological polar surface area (TPSA) is 79.4 Å². The van der Waals surface area contributed by atoms with Crippen molar-refractivity contribution in [1.82, 2.24) is 15.6 Å². The van der Waals surface area contributed by atoms with E-state index in [1.165, 1.54) is 0 Å². The van der Waals surface area contributed by atoms with E-state index in [0.29, 0.717) is 11.6 Å². The predicted octanol–water partition coefficient (Wildman–Crippen LogP) is 2.31. The van der Waals surface area contributed by atoms with Gasteiger partial charge in [0.25, 0.3) is 5.91 Å². The van der Waals surface area contributed by atoms with Crippen LogP contribution in [0, 0.1) is 0 Å². The molecule has 0 fully saturated rings. The molecular formula is C15H18N4O2. The van der Waals surface area contributed by atoms with Gasteiger partial charge in [-0.15, -0.1) is 0 Å². The van der Waals surface area contributed by atoms with Crippen molar-refractivity contribution >= 4 is 12.1 Å². The van der Waals surface area contributed by atoms with Crippen LogP contribution in [0.25, 0.3) is 0 Å². The Hall–Kier alpha value is -2.63. The number of ether oxygens (including phenoxy) is 1. The molecule has 0 saturated carbocycles. The normalized spacial score (nSPS) is 11.0. The van der Waals surface area contributed by atoms with E-state index >= 15 is 0 Å². The van der Waals surface area contributed by atoms with Crippen molar-refractivity contribution in [1.29, 1.82) is 0 Å². The van der Waals surface area contributed by atoms with Crippen molar-refractivity contribution in [3.05, 3.63) is 47.3 Å². The van der Waals surface area contributed by atoms with Crippen LogP contribution in [0.15, 0.2) is 35.4 Å². The Morgan fingerprint density at radius 1 is 1.38 bits per heavy atom. The van der Waals surface area contributed by atoms with Crippen LogP contribution >= 0.6 is 0 Å². The highest BCUT2D eigenvalue weighted by atomic mass is 16.5. The molecule has 110 valence electrons. The van der Waals surface area contributed by atoms with E-state index in [2.05, 4.69) is 20.7 Å². The maximum Gasteiger partial charge on any atom is 0.291 e. The Morgan fingerprint density at radius 3 is 2.67 bits per heavy atom. The number of amides is 1. The first-order chi connectivity index (χ1) is 10.1. The number of hydrogen-bond acceptors (Lipinski definition) is 4. The van der Waals surface area contributed by atoms with Gasteiger partial charge in [-0.2, -0.15) is 10.2 Å². The van der Waals surface area contributed by atoms with Crippen LogP contribution in [-0.2, 0) is 0 Å². The molecule has 6 heteroatoms. The number of aromatic nitrogens is 2. The van der Waals surface area contributed by atoms with Gasteiger partial charge in [0.1, 0.15) is 5.75 Å². The number of benzene rings is 1. The number of H-pyrrole nitrogens is 1. The number of carbonyl (C=O) groups is 1. The predicted molar refractivity (Wildman–Crippen MR) is 80.7 cm³/mol. The molecule has 2 rings (SSSR count). The lowest BCUT2D eigenvalue weighted by Crippen LogP contribution is -2.18. The quantitative estimate of drug-likeness (QED) is 0.654. The van der Waals surface area contributed by atoms with E-state index in [-0.39, 0.29) is 5.91 Å². The average Bonchev–Trinajstić information content (AvgIpc) is 2.98. The molecule has 6 nitrogen and oxygen atoms in total. The second-order valence-corrected chi connectivity index (χ2v) is 4.84. The number of carbonyl (C=O) groups excluding carboxylic acids is 1. The third kappa shape index (κ3) is 3.92. The van der Waals surface area contributed by atoms with E-state index in [0.717, 1.165) is 17.0 Å². The Bertz CT molecular complexity index is 629. The minimum Gasteiger partial charge on any atom is -0.497 e. The highest BCUT2D eigenvalue weighted by molar-refractivity contribution is 5.93. The standard InChI is InChI=1S/C15H18N4O2/c1-10(2)13-8-14(18-17-13)15(20)19-16-9-11-4-6-12(21-3)7-5-11/h4-10H,1-3H3,(H,17,18)(H,19,20)/b16-9+. The SMILES string of the molecule is COc1ccc(/C=N/NC(=O)c2cc(C(C)C)[nH]n2)cc1. The van der Waals surface area contributed by atoms with E-state index < -0.39 is 0 Å². The number of nitrogens with zero attached hydrogens (tertiary/aromatic N) is 2. The molecule has 0 aliphatic heterocycles. The van der Waals surface area contributed by atoms with Gasteiger partial charge in [0.2, 0.25) is 0 Å². The summed E-state index contributed by atoms with van der Waals surface area (Å²) in [6.07, 6.45) is 1.56. The van der Waals surface area contributed by atoms with Gasteiger partial charge in [-0.05, 0) is 41.8 Å². The second-order valence-electron chi connectivity index (χ2n) is 4.84. The summed E-state index contributed by atoms with van der Waals surface area (Å²) >= 11 is 0. The van der Waals surface area contributed by atoms with Crippen molar-refractivity contribution < 1.29 is 9.53 Å². The number of aromatic amines is 1. The summed E-state index contributed by atoms with van der Waals surface area (Å²) in [6.45, 7) is 4.05. The van der Waals surface area contributed by atoms with Crippen LogP contribution < -0.4 is 10.2 Å². The van der Waals surface area contributed by atoms with Crippen LogP contribution in [0.4, 0.5) is 0 Å². The Balaban J connectivity index is 1.94. The summed E-state index contributed by atoms with van der Waals surface area (Å²) in [4.78, 5) is 11.8. The van der Waals surface area contributed by atoms with E-state index in [9.17, 15) is 4.79 Å². The number of hydrazone groups is 1. The molecular weight excluding hydrogens is 268 g/mol. The second kappa shape index (κ2) is 6.69. The van der Waals surface area contributed by atoms with Crippen molar-refractivity contribution in [2.45, 2.75) is 19.8 Å². The van der Waals surface area contributed by atoms with Crippen molar-refractivity contribution in [2.24, 2.45) is 5.10 Å². The molecule has 0 aliphatic carbocycles. The first kappa shape index (κ1) is 14.8. The van der Waals surface area contributed by atoms with Gasteiger partial charge in [-0.25, -0.2) is 5.43 Å². The fraction of sp³-hybridized carbons (Fsp3) is 0.267. The summed E-state index contributed by atoms with van der Waals surface area (Å²) in [5, 5.41) is 10.7. The minimum absolute atomic E-state index is 0.293. The van der Waals surface area contributed by atoms with Crippen molar-refractivity contribution in [3.8, 4) is 5.75 Å². The molecule has 0 bridgehead atoms. The van der Waals surface area contributed by atoms with Gasteiger partial charge < -0.3 is 4.74 Å². The molecule has 21 heavy (non-hydrogen) atoms. The number of nitrogens with one attached hydrogen (secondary N) is 2. The van der Waals surface area contributed by atoms with Gasteiger partial charge in [-0.1, -0.05) is 13.8 Å². The highest BCUT2D eigenvalue weighted by Gasteiger charge is 2.10. The maximum absolute atomic E-state index is 11.8. The largest absolute Gasteiger partial charge is 0.497 e. The van der Waals surface area contributed by atoms with Gasteiger partial charge >= 0.3 is 0 Å². The molecule has 1 amide bonds. The lowest BCUT2D eigenvalue weighted by atomic mass is 10.1. The first-order valence-electron chi connectivity index (χ1n) is 6.63. The molecule has 2 N–H and O–H groups in total. The van der Waals surface area contributed by atoms with E-state index in [1.807, 2.05) is 38.1 Å². The van der Waals surface area contributed by atoms with E-state index in [4.69, 9.17) is 4.74 Å². The highest BCUT2D eigenvalue weighted by Crippen LogP contribution is 2.12. The van der Waals surface area contributed by atoms with E-state index in [1.54, 1.807) is 19.4 Å². The monoisotopic (exact) mass is 286 g/mol. The van der Waals surface area contributed by atoms with Gasteiger partial charge in [0.15, 0.2) is 5.69 Å². The molecule has 1 aromatic carbocycles. The number of methoxy groups -OCH3 is 1. The summed E-state index contributed by atoms with van der Waals surface area (Å²) in [6, 6.07) is 9.07. The molecule has 0 radical (unpaired) electrons. The summed E-state index contributed by atoms with van der Waals surface area (Å²) in [5.74, 6) is 0.721. The van der Waals surface area contributed by atoms with Crippen LogP contribution in [0.1, 0.15) is 41.5 Å². The minimum atomic E-state index is -0.345. The third-order valence-electron chi connectivity index (χ3n) is 2.95. The van der Waals surface area contributed by atoms with Gasteiger partial charge in [0, 0.05) is 5.69 Å². The fourth-order valence-corrected chi connectivity index (χ4v) is 1.66. The Kier molecular flexibility index (Phi) is 4.71. The summed E-state index contributed by atoms with van der Waals surface area (Å²) in [5.41, 5.74) is 4.55. The lowest BCUT2D eigenvalue weighted by molar-refractivity contribution is 0.0950.